The normalized spacial score (nSPS) is 13.0. The minimum atomic E-state index is -0.360. The summed E-state index contributed by atoms with van der Waals surface area (Å²) in [6, 6.07) is 7.35. The molecule has 2 aromatic rings. The second kappa shape index (κ2) is 6.11. The van der Waals surface area contributed by atoms with Gasteiger partial charge in [0.1, 0.15) is 19.0 Å². The maximum atomic E-state index is 11.6. The Morgan fingerprint density at radius 1 is 1.24 bits per heavy atom. The topological polar surface area (TPSA) is 86.7 Å². The molecule has 6 nitrogen and oxygen atoms in total. The molecule has 1 aromatic carbocycles. The highest BCUT2D eigenvalue weighted by molar-refractivity contribution is 7.98. The van der Waals surface area contributed by atoms with Gasteiger partial charge in [0.2, 0.25) is 0 Å². The van der Waals surface area contributed by atoms with Gasteiger partial charge in [-0.25, -0.2) is 5.84 Å². The Labute approximate surface area is 125 Å². The summed E-state index contributed by atoms with van der Waals surface area (Å²) in [5.74, 6) is 7.38. The van der Waals surface area contributed by atoms with Gasteiger partial charge >= 0.3 is 0 Å². The van der Waals surface area contributed by atoms with Gasteiger partial charge in [-0.05, 0) is 24.3 Å². The zero-order valence-electron chi connectivity index (χ0n) is 11.1. The second-order valence-corrected chi connectivity index (χ2v) is 5.37. The third-order valence-electron chi connectivity index (χ3n) is 3.00. The van der Waals surface area contributed by atoms with Gasteiger partial charge in [0.25, 0.3) is 5.91 Å². The number of carbonyl (C=O) groups is 1. The second-order valence-electron chi connectivity index (χ2n) is 4.33. The predicted molar refractivity (Wildman–Crippen MR) is 77.4 cm³/mol. The number of nitrogens with one attached hydrogen (secondary N) is 1. The standard InChI is InChI=1S/C14H14N2O4S/c15-16-14(17)10-3-4-18-13(10)8-21-9-1-2-11-12(7-9)20-6-5-19-11/h1-4,7H,5-6,8,15H2,(H,16,17). The molecule has 1 aliphatic rings. The molecule has 0 spiro atoms. The first-order valence-electron chi connectivity index (χ1n) is 6.37. The summed E-state index contributed by atoms with van der Waals surface area (Å²) in [6.07, 6.45) is 1.48. The number of fused-ring (bicyclic) bond motifs is 1. The SMILES string of the molecule is NNC(=O)c1ccoc1CSc1ccc2c(c1)OCCO2. The van der Waals surface area contributed by atoms with E-state index in [9.17, 15) is 4.79 Å². The highest BCUT2D eigenvalue weighted by atomic mass is 32.2. The quantitative estimate of drug-likeness (QED) is 0.388. The molecule has 110 valence electrons. The summed E-state index contributed by atoms with van der Waals surface area (Å²) in [7, 11) is 0. The molecule has 0 bridgehead atoms. The number of hydrazine groups is 1. The van der Waals surface area contributed by atoms with Gasteiger partial charge in [0.15, 0.2) is 11.5 Å². The Balaban J connectivity index is 1.71. The number of amides is 1. The number of nitrogens with two attached hydrogens (primary N) is 1. The van der Waals surface area contributed by atoms with E-state index in [0.29, 0.717) is 30.3 Å². The fourth-order valence-electron chi connectivity index (χ4n) is 1.99. The smallest absolute Gasteiger partial charge is 0.268 e. The van der Waals surface area contributed by atoms with Crippen LogP contribution in [0.25, 0.3) is 0 Å². The molecule has 3 rings (SSSR count). The number of rotatable bonds is 4. The first-order valence-corrected chi connectivity index (χ1v) is 7.36. The summed E-state index contributed by atoms with van der Waals surface area (Å²) in [4.78, 5) is 12.6. The van der Waals surface area contributed by atoms with Crippen molar-refractivity contribution in [3.63, 3.8) is 0 Å². The first-order chi connectivity index (χ1) is 10.3. The molecule has 2 heterocycles. The van der Waals surface area contributed by atoms with Crippen LogP contribution < -0.4 is 20.7 Å². The molecule has 0 unspecified atom stereocenters. The van der Waals surface area contributed by atoms with Crippen molar-refractivity contribution in [1.82, 2.24) is 5.43 Å². The Morgan fingerprint density at radius 2 is 2.05 bits per heavy atom. The molecule has 0 fully saturated rings. The molecule has 7 heteroatoms. The molecular weight excluding hydrogens is 292 g/mol. The molecular formula is C14H14N2O4S. The van der Waals surface area contributed by atoms with Crippen LogP contribution in [0.4, 0.5) is 0 Å². The highest BCUT2D eigenvalue weighted by Crippen LogP contribution is 2.35. The lowest BCUT2D eigenvalue weighted by atomic mass is 10.2. The maximum absolute atomic E-state index is 11.6. The Bertz CT molecular complexity index is 656. The number of hydrogen-bond acceptors (Lipinski definition) is 6. The van der Waals surface area contributed by atoms with Gasteiger partial charge in [-0.3, -0.25) is 10.2 Å². The zero-order chi connectivity index (χ0) is 14.7. The summed E-state index contributed by atoms with van der Waals surface area (Å²) in [5, 5.41) is 0. The van der Waals surface area contributed by atoms with Crippen LogP contribution in [0, 0.1) is 0 Å². The zero-order valence-corrected chi connectivity index (χ0v) is 11.9. The van der Waals surface area contributed by atoms with E-state index in [1.165, 1.54) is 6.26 Å². The van der Waals surface area contributed by atoms with Crippen molar-refractivity contribution in [2.75, 3.05) is 13.2 Å². The Hall–Kier alpha value is -2.12. The number of nitrogen functional groups attached to an aromatic ring is 1. The van der Waals surface area contributed by atoms with E-state index in [4.69, 9.17) is 19.7 Å². The summed E-state index contributed by atoms with van der Waals surface area (Å²) >= 11 is 1.54. The van der Waals surface area contributed by atoms with Crippen molar-refractivity contribution in [1.29, 1.82) is 0 Å². The first kappa shape index (κ1) is 13.8. The fourth-order valence-corrected chi connectivity index (χ4v) is 2.87. The van der Waals surface area contributed by atoms with E-state index in [1.54, 1.807) is 17.8 Å². The molecule has 0 aliphatic carbocycles. The maximum Gasteiger partial charge on any atom is 0.268 e. The average Bonchev–Trinajstić information content (AvgIpc) is 3.00. The van der Waals surface area contributed by atoms with Crippen LogP contribution in [0.15, 0.2) is 39.8 Å². The van der Waals surface area contributed by atoms with Crippen LogP contribution in [0.1, 0.15) is 16.1 Å². The van der Waals surface area contributed by atoms with Crippen molar-refractivity contribution >= 4 is 17.7 Å². The van der Waals surface area contributed by atoms with Crippen LogP contribution in [-0.4, -0.2) is 19.1 Å². The molecule has 0 radical (unpaired) electrons. The van der Waals surface area contributed by atoms with Gasteiger partial charge < -0.3 is 13.9 Å². The molecule has 21 heavy (non-hydrogen) atoms. The molecule has 0 atom stereocenters. The van der Waals surface area contributed by atoms with E-state index in [0.717, 1.165) is 16.4 Å². The predicted octanol–water partition coefficient (Wildman–Crippen LogP) is 1.95. The molecule has 3 N–H and O–H groups in total. The number of carbonyl (C=O) groups excluding carboxylic acids is 1. The summed E-state index contributed by atoms with van der Waals surface area (Å²) in [5.41, 5.74) is 2.55. The molecule has 1 aliphatic heterocycles. The van der Waals surface area contributed by atoms with Crippen LogP contribution in [0.2, 0.25) is 0 Å². The van der Waals surface area contributed by atoms with Crippen molar-refractivity contribution in [3.05, 3.63) is 41.9 Å². The fraction of sp³-hybridized carbons (Fsp3) is 0.214. The minimum Gasteiger partial charge on any atom is -0.486 e. The Kier molecular flexibility index (Phi) is 4.03. The van der Waals surface area contributed by atoms with Crippen LogP contribution in [-0.2, 0) is 5.75 Å². The van der Waals surface area contributed by atoms with Crippen LogP contribution in [0.5, 0.6) is 11.5 Å². The van der Waals surface area contributed by atoms with Gasteiger partial charge in [0.05, 0.1) is 17.6 Å². The van der Waals surface area contributed by atoms with Crippen molar-refractivity contribution in [2.24, 2.45) is 5.84 Å². The van der Waals surface area contributed by atoms with Gasteiger partial charge in [0, 0.05) is 4.90 Å². The summed E-state index contributed by atoms with van der Waals surface area (Å²) in [6.45, 7) is 1.13. The van der Waals surface area contributed by atoms with E-state index >= 15 is 0 Å². The third-order valence-corrected chi connectivity index (χ3v) is 4.00. The molecule has 1 aromatic heterocycles. The third kappa shape index (κ3) is 2.98. The van der Waals surface area contributed by atoms with E-state index in [1.807, 2.05) is 18.2 Å². The lowest BCUT2D eigenvalue weighted by molar-refractivity contribution is 0.0952. The molecule has 0 saturated heterocycles. The van der Waals surface area contributed by atoms with Gasteiger partial charge in [-0.15, -0.1) is 11.8 Å². The van der Waals surface area contributed by atoms with E-state index in [-0.39, 0.29) is 5.91 Å². The molecule has 1 amide bonds. The monoisotopic (exact) mass is 306 g/mol. The van der Waals surface area contributed by atoms with E-state index < -0.39 is 0 Å². The lowest BCUT2D eigenvalue weighted by Crippen LogP contribution is -2.30. The highest BCUT2D eigenvalue weighted by Gasteiger charge is 2.15. The van der Waals surface area contributed by atoms with Crippen molar-refractivity contribution < 1.29 is 18.7 Å². The molecule has 0 saturated carbocycles. The number of furan rings is 1. The van der Waals surface area contributed by atoms with Crippen molar-refractivity contribution in [3.8, 4) is 11.5 Å². The average molecular weight is 306 g/mol. The number of hydrogen-bond donors (Lipinski definition) is 2. The van der Waals surface area contributed by atoms with Crippen LogP contribution in [0.3, 0.4) is 0 Å². The van der Waals surface area contributed by atoms with Crippen LogP contribution >= 0.6 is 11.8 Å². The number of benzene rings is 1. The van der Waals surface area contributed by atoms with E-state index in [2.05, 4.69) is 5.43 Å². The minimum absolute atomic E-state index is 0.360. The van der Waals surface area contributed by atoms with Crippen molar-refractivity contribution in [2.45, 2.75) is 10.6 Å². The summed E-state index contributed by atoms with van der Waals surface area (Å²) < 4.78 is 16.3. The number of thioether (sulfide) groups is 1. The Morgan fingerprint density at radius 3 is 2.86 bits per heavy atom. The number of ether oxygens (including phenoxy) is 2. The van der Waals surface area contributed by atoms with Gasteiger partial charge in [-0.2, -0.15) is 0 Å². The van der Waals surface area contributed by atoms with Gasteiger partial charge in [-0.1, -0.05) is 0 Å². The lowest BCUT2D eigenvalue weighted by Gasteiger charge is -2.18. The largest absolute Gasteiger partial charge is 0.486 e.